The van der Waals surface area contributed by atoms with E-state index in [4.69, 9.17) is 4.74 Å². The van der Waals surface area contributed by atoms with Crippen molar-refractivity contribution in [2.24, 2.45) is 0 Å². The summed E-state index contributed by atoms with van der Waals surface area (Å²) < 4.78 is 6.33. The summed E-state index contributed by atoms with van der Waals surface area (Å²) in [7, 11) is 0. The maximum atomic E-state index is 13.0. The van der Waals surface area contributed by atoms with Gasteiger partial charge in [-0.05, 0) is 42.7 Å². The number of fused-ring (bicyclic) bond motifs is 2. The Morgan fingerprint density at radius 3 is 2.40 bits per heavy atom. The van der Waals surface area contributed by atoms with Crippen LogP contribution in [-0.4, -0.2) is 16.3 Å². The Bertz CT molecular complexity index is 888. The van der Waals surface area contributed by atoms with Gasteiger partial charge in [0.1, 0.15) is 0 Å². The fraction of sp³-hybridized carbons (Fsp3) is 0.250. The number of carbonyl (C=O) groups excluding carboxylic acids is 1. The fourth-order valence-electron chi connectivity index (χ4n) is 3.81. The van der Waals surface area contributed by atoms with Gasteiger partial charge in [0.05, 0.1) is 10.5 Å². The average molecular weight is 335 g/mol. The number of nitro groups is 1. The predicted octanol–water partition coefficient (Wildman–Crippen LogP) is 4.03. The van der Waals surface area contributed by atoms with Crippen LogP contribution in [0.2, 0.25) is 0 Å². The number of carbonyl (C=O) groups is 1. The highest BCUT2D eigenvalue weighted by molar-refractivity contribution is 6.04. The fourth-order valence-corrected chi connectivity index (χ4v) is 3.81. The van der Waals surface area contributed by atoms with Crippen LogP contribution in [0.25, 0.3) is 5.57 Å². The minimum atomic E-state index is -1.19. The summed E-state index contributed by atoms with van der Waals surface area (Å²) >= 11 is 0. The summed E-state index contributed by atoms with van der Waals surface area (Å²) in [5.74, 6) is -0.00793. The highest BCUT2D eigenvalue weighted by Gasteiger charge is 2.57. The maximum absolute atomic E-state index is 13.0. The number of ketones is 1. The lowest BCUT2D eigenvalue weighted by molar-refractivity contribution is -0.384. The van der Waals surface area contributed by atoms with Crippen LogP contribution in [0.4, 0.5) is 5.69 Å². The summed E-state index contributed by atoms with van der Waals surface area (Å²) in [5.41, 5.74) is 0.687. The van der Waals surface area contributed by atoms with Gasteiger partial charge in [0.15, 0.2) is 11.4 Å². The number of nitro benzene ring substituents is 1. The van der Waals surface area contributed by atoms with E-state index in [0.29, 0.717) is 18.4 Å². The number of ether oxygens (including phenoxy) is 1. The van der Waals surface area contributed by atoms with E-state index in [0.717, 1.165) is 11.1 Å². The molecule has 1 saturated heterocycles. The Morgan fingerprint density at radius 2 is 1.76 bits per heavy atom. The van der Waals surface area contributed by atoms with Crippen molar-refractivity contribution in [3.63, 3.8) is 0 Å². The van der Waals surface area contributed by atoms with Crippen molar-refractivity contribution < 1.29 is 14.5 Å². The lowest BCUT2D eigenvalue weighted by Crippen LogP contribution is -2.45. The van der Waals surface area contributed by atoms with Crippen LogP contribution in [0.15, 0.2) is 60.7 Å². The Labute approximate surface area is 145 Å². The molecule has 5 heteroatoms. The van der Waals surface area contributed by atoms with E-state index in [1.165, 1.54) is 12.1 Å². The second-order valence-corrected chi connectivity index (χ2v) is 6.75. The number of non-ortho nitro benzene ring substituents is 1. The molecular weight excluding hydrogens is 318 g/mol. The molecule has 2 atom stereocenters. The number of rotatable bonds is 3. The second kappa shape index (κ2) is 5.36. The molecular formula is C20H17NO4. The summed E-state index contributed by atoms with van der Waals surface area (Å²) in [4.78, 5) is 23.5. The molecule has 0 aromatic heterocycles. The SMILES string of the molecule is C[C@@]12C=C(c3ccccc3)[C@@](c3ccc([N+](=O)[O-])cc3)(O1)C(=O)CC2. The third-order valence-corrected chi connectivity index (χ3v) is 5.03. The number of Topliss-reactive ketones (excluding diaryl/α,β-unsaturated/α-hetero) is 1. The van der Waals surface area contributed by atoms with Crippen molar-refractivity contribution in [2.45, 2.75) is 31.0 Å². The molecule has 5 nitrogen and oxygen atoms in total. The number of hydrogen-bond acceptors (Lipinski definition) is 4. The van der Waals surface area contributed by atoms with Crippen molar-refractivity contribution in [1.29, 1.82) is 0 Å². The first kappa shape index (κ1) is 15.7. The molecule has 2 aromatic rings. The molecule has 0 radical (unpaired) electrons. The average Bonchev–Trinajstić information content (AvgIpc) is 2.90. The standard InChI is InChI=1S/C20H17NO4/c1-19-12-11-18(22)20(25-19,15-7-9-16(10-8-15)21(23)24)17(13-19)14-5-3-2-4-6-14/h2-10,13H,11-12H2,1H3/t19-,20-/m1/s1. The van der Waals surface area contributed by atoms with Crippen molar-refractivity contribution in [1.82, 2.24) is 0 Å². The number of hydrogen-bond donors (Lipinski definition) is 0. The maximum Gasteiger partial charge on any atom is 0.269 e. The molecule has 0 spiro atoms. The molecule has 0 amide bonds. The normalized spacial score (nSPS) is 27.9. The van der Waals surface area contributed by atoms with Crippen molar-refractivity contribution >= 4 is 17.0 Å². The Hall–Kier alpha value is -2.79. The van der Waals surface area contributed by atoms with E-state index in [-0.39, 0.29) is 11.5 Å². The third-order valence-electron chi connectivity index (χ3n) is 5.03. The van der Waals surface area contributed by atoms with E-state index < -0.39 is 16.1 Å². The van der Waals surface area contributed by atoms with E-state index in [1.807, 2.05) is 43.3 Å². The molecule has 2 aromatic carbocycles. The van der Waals surface area contributed by atoms with E-state index in [1.54, 1.807) is 12.1 Å². The Morgan fingerprint density at radius 1 is 1.08 bits per heavy atom. The molecule has 2 aliphatic heterocycles. The number of benzene rings is 2. The topological polar surface area (TPSA) is 69.4 Å². The molecule has 0 unspecified atom stereocenters. The van der Waals surface area contributed by atoms with Gasteiger partial charge in [-0.3, -0.25) is 14.9 Å². The van der Waals surface area contributed by atoms with Gasteiger partial charge in [-0.1, -0.05) is 30.3 Å². The van der Waals surface area contributed by atoms with Gasteiger partial charge in [-0.15, -0.1) is 0 Å². The molecule has 0 saturated carbocycles. The van der Waals surface area contributed by atoms with Crippen molar-refractivity contribution in [3.8, 4) is 0 Å². The molecule has 2 aliphatic rings. The molecule has 25 heavy (non-hydrogen) atoms. The summed E-state index contributed by atoms with van der Waals surface area (Å²) in [5, 5.41) is 10.9. The van der Waals surface area contributed by atoms with Gasteiger partial charge < -0.3 is 4.74 Å². The zero-order valence-electron chi connectivity index (χ0n) is 13.8. The Kier molecular flexibility index (Phi) is 3.37. The Balaban J connectivity index is 1.90. The summed E-state index contributed by atoms with van der Waals surface area (Å²) in [6, 6.07) is 15.8. The highest BCUT2D eigenvalue weighted by atomic mass is 16.6. The highest BCUT2D eigenvalue weighted by Crippen LogP contribution is 2.54. The largest absolute Gasteiger partial charge is 0.347 e. The molecule has 126 valence electrons. The van der Waals surface area contributed by atoms with Crippen LogP contribution < -0.4 is 0 Å². The van der Waals surface area contributed by atoms with Crippen LogP contribution in [0.3, 0.4) is 0 Å². The molecule has 2 heterocycles. The van der Waals surface area contributed by atoms with Gasteiger partial charge in [0, 0.05) is 24.1 Å². The zero-order valence-corrected chi connectivity index (χ0v) is 13.8. The lowest BCUT2D eigenvalue weighted by Gasteiger charge is -2.39. The number of nitrogens with zero attached hydrogens (tertiary/aromatic N) is 1. The van der Waals surface area contributed by atoms with Gasteiger partial charge in [-0.2, -0.15) is 0 Å². The molecule has 1 fully saturated rings. The molecule has 2 bridgehead atoms. The van der Waals surface area contributed by atoms with E-state index in [2.05, 4.69) is 0 Å². The van der Waals surface area contributed by atoms with Gasteiger partial charge >= 0.3 is 0 Å². The first-order chi connectivity index (χ1) is 11.9. The van der Waals surface area contributed by atoms with Crippen LogP contribution in [-0.2, 0) is 15.1 Å². The van der Waals surface area contributed by atoms with E-state index in [9.17, 15) is 14.9 Å². The van der Waals surface area contributed by atoms with Gasteiger partial charge in [-0.25, -0.2) is 0 Å². The minimum Gasteiger partial charge on any atom is -0.347 e. The van der Waals surface area contributed by atoms with Crippen LogP contribution in [0.1, 0.15) is 30.9 Å². The molecule has 4 rings (SSSR count). The van der Waals surface area contributed by atoms with Crippen LogP contribution >= 0.6 is 0 Å². The van der Waals surface area contributed by atoms with Gasteiger partial charge in [0.2, 0.25) is 0 Å². The molecule has 0 aliphatic carbocycles. The monoisotopic (exact) mass is 335 g/mol. The predicted molar refractivity (Wildman–Crippen MR) is 92.9 cm³/mol. The summed E-state index contributed by atoms with van der Waals surface area (Å²) in [6.07, 6.45) is 3.09. The van der Waals surface area contributed by atoms with Crippen molar-refractivity contribution in [2.75, 3.05) is 0 Å². The van der Waals surface area contributed by atoms with Crippen molar-refractivity contribution in [3.05, 3.63) is 81.9 Å². The first-order valence-electron chi connectivity index (χ1n) is 8.22. The van der Waals surface area contributed by atoms with Gasteiger partial charge in [0.25, 0.3) is 5.69 Å². The second-order valence-electron chi connectivity index (χ2n) is 6.75. The smallest absolute Gasteiger partial charge is 0.269 e. The molecule has 0 N–H and O–H groups in total. The minimum absolute atomic E-state index is 0.00518. The quantitative estimate of drug-likeness (QED) is 0.627. The first-order valence-corrected chi connectivity index (χ1v) is 8.22. The zero-order chi connectivity index (χ0) is 17.7. The third kappa shape index (κ3) is 2.31. The lowest BCUT2D eigenvalue weighted by atomic mass is 9.78. The van der Waals surface area contributed by atoms with E-state index >= 15 is 0 Å². The van der Waals surface area contributed by atoms with Crippen LogP contribution in [0, 0.1) is 10.1 Å². The van der Waals surface area contributed by atoms with Crippen LogP contribution in [0.5, 0.6) is 0 Å². The summed E-state index contributed by atoms with van der Waals surface area (Å²) in [6.45, 7) is 1.98.